The van der Waals surface area contributed by atoms with Gasteiger partial charge in [-0.25, -0.2) is 0 Å². The van der Waals surface area contributed by atoms with E-state index in [-0.39, 0.29) is 21.1 Å². The zero-order valence-corrected chi connectivity index (χ0v) is 8.96. The Bertz CT molecular complexity index is 95.1. The van der Waals surface area contributed by atoms with Gasteiger partial charge in [0.1, 0.15) is 0 Å². The van der Waals surface area contributed by atoms with Crippen LogP contribution in [0.15, 0.2) is 11.6 Å². The molecule has 0 aliphatic heterocycles. The molecule has 9 heavy (non-hydrogen) atoms. The van der Waals surface area contributed by atoms with Crippen LogP contribution in [-0.2, 0) is 21.1 Å². The normalized spacial score (nSPS) is 25.2. The predicted molar refractivity (Wildman–Crippen MR) is 36.6 cm³/mol. The van der Waals surface area contributed by atoms with E-state index in [9.17, 15) is 0 Å². The van der Waals surface area contributed by atoms with Gasteiger partial charge in [-0.3, -0.25) is 0 Å². The number of allylic oxidation sites excluding steroid dienone is 1. The van der Waals surface area contributed by atoms with Gasteiger partial charge < -0.3 is 6.42 Å². The molecule has 0 aromatic rings. The van der Waals surface area contributed by atoms with Gasteiger partial charge in [0.15, 0.2) is 0 Å². The van der Waals surface area contributed by atoms with Crippen LogP contribution in [0.5, 0.6) is 0 Å². The molecule has 0 radical (unpaired) electrons. The third-order valence-electron chi connectivity index (χ3n) is 1.61. The fraction of sp³-hybridized carbons (Fsp3) is 0.571. The largest absolute Gasteiger partial charge is 0.328 e. The maximum atomic E-state index is 5.67. The molecule has 1 aliphatic carbocycles. The number of rotatable bonds is 1. The molecule has 2 heteroatoms. The second-order valence-electron chi connectivity index (χ2n) is 2.25. The number of hydrogen-bond donors (Lipinski definition) is 0. The molecule has 0 amide bonds. The Hall–Kier alpha value is 0.718. The number of hydrogen-bond acceptors (Lipinski definition) is 0. The summed E-state index contributed by atoms with van der Waals surface area (Å²) in [4.78, 5) is 0. The third kappa shape index (κ3) is 2.87. The molecule has 0 heterocycles. The van der Waals surface area contributed by atoms with Crippen LogP contribution in [0, 0.1) is 12.3 Å². The van der Waals surface area contributed by atoms with Crippen LogP contribution < -0.4 is 0 Å². The van der Waals surface area contributed by atoms with Crippen molar-refractivity contribution in [2.24, 2.45) is 5.92 Å². The minimum atomic E-state index is 0. The van der Waals surface area contributed by atoms with Crippen molar-refractivity contribution in [3.63, 3.8) is 0 Å². The molecular weight excluding hydrogens is 303 g/mol. The van der Waals surface area contributed by atoms with Crippen LogP contribution >= 0.6 is 11.6 Å². The van der Waals surface area contributed by atoms with Crippen molar-refractivity contribution in [3.8, 4) is 0 Å². The van der Waals surface area contributed by atoms with Crippen molar-refractivity contribution in [1.82, 2.24) is 0 Å². The molecular formula is C7H10ClW-. The van der Waals surface area contributed by atoms with Gasteiger partial charge in [0.05, 0.1) is 0 Å². The molecule has 0 saturated heterocycles. The molecule has 0 aromatic carbocycles. The summed E-state index contributed by atoms with van der Waals surface area (Å²) in [6.45, 7) is 3.68. The summed E-state index contributed by atoms with van der Waals surface area (Å²) in [5.74, 6) is 0.580. The first kappa shape index (κ1) is 9.72. The van der Waals surface area contributed by atoms with Gasteiger partial charge in [0, 0.05) is 26.1 Å². The van der Waals surface area contributed by atoms with E-state index in [0.29, 0.717) is 5.92 Å². The van der Waals surface area contributed by atoms with Crippen LogP contribution in [0.25, 0.3) is 0 Å². The van der Waals surface area contributed by atoms with Crippen molar-refractivity contribution in [1.29, 1.82) is 0 Å². The van der Waals surface area contributed by atoms with Gasteiger partial charge in [-0.2, -0.15) is 12.8 Å². The van der Waals surface area contributed by atoms with Crippen molar-refractivity contribution >= 4 is 11.6 Å². The fourth-order valence-electron chi connectivity index (χ4n) is 1.04. The Kier molecular flexibility index (Phi) is 4.88. The summed E-state index contributed by atoms with van der Waals surface area (Å²) in [7, 11) is 0. The molecule has 1 rings (SSSR count). The predicted octanol–water partition coefficient (Wildman–Crippen LogP) is 2.74. The summed E-state index contributed by atoms with van der Waals surface area (Å²) in [5, 5.41) is 0.832. The molecule has 0 N–H and O–H groups in total. The molecule has 0 unspecified atom stereocenters. The minimum Gasteiger partial charge on any atom is -0.328 e. The third-order valence-corrected chi connectivity index (χ3v) is 1.92. The zero-order valence-electron chi connectivity index (χ0n) is 5.27. The Balaban J connectivity index is 0.000000640. The van der Waals surface area contributed by atoms with Gasteiger partial charge in [-0.05, 0) is 5.92 Å². The minimum absolute atomic E-state index is 0. The van der Waals surface area contributed by atoms with Crippen LogP contribution in [-0.4, -0.2) is 0 Å². The summed E-state index contributed by atoms with van der Waals surface area (Å²) < 4.78 is 0. The van der Waals surface area contributed by atoms with E-state index in [1.807, 2.05) is 0 Å². The molecule has 0 nitrogen and oxygen atoms in total. The maximum absolute atomic E-state index is 5.67. The van der Waals surface area contributed by atoms with Gasteiger partial charge in [0.2, 0.25) is 0 Å². The van der Waals surface area contributed by atoms with Crippen molar-refractivity contribution in [2.75, 3.05) is 0 Å². The Morgan fingerprint density at radius 2 is 2.33 bits per heavy atom. The number of halogens is 1. The van der Waals surface area contributed by atoms with E-state index in [2.05, 4.69) is 13.0 Å². The van der Waals surface area contributed by atoms with E-state index in [1.165, 1.54) is 12.8 Å². The molecule has 1 atom stereocenters. The van der Waals surface area contributed by atoms with Crippen molar-refractivity contribution in [3.05, 3.63) is 18.0 Å². The van der Waals surface area contributed by atoms with Gasteiger partial charge in [-0.15, -0.1) is 0 Å². The summed E-state index contributed by atoms with van der Waals surface area (Å²) in [6.07, 6.45) is 5.85. The smallest absolute Gasteiger partial charge is 0.0113 e. The first-order chi connectivity index (χ1) is 3.80. The molecule has 52 valence electrons. The zero-order chi connectivity index (χ0) is 5.98. The van der Waals surface area contributed by atoms with E-state index >= 15 is 0 Å². The van der Waals surface area contributed by atoms with E-state index in [1.54, 1.807) is 0 Å². The summed E-state index contributed by atoms with van der Waals surface area (Å²) in [6, 6.07) is 0. The Morgan fingerprint density at radius 1 is 1.67 bits per heavy atom. The van der Waals surface area contributed by atoms with Crippen LogP contribution in [0.2, 0.25) is 0 Å². The second-order valence-corrected chi connectivity index (χ2v) is 2.73. The van der Waals surface area contributed by atoms with Crippen LogP contribution in [0.4, 0.5) is 0 Å². The standard InChI is InChI=1S/C7H10Cl.W/c1-6(8)7-4-2-3-5-7;/h2,7H,1,3-5H2;/q-1;/t7-;/m1./s1. The quantitative estimate of drug-likeness (QED) is 0.653. The van der Waals surface area contributed by atoms with E-state index < -0.39 is 0 Å². The van der Waals surface area contributed by atoms with Gasteiger partial charge in [-0.1, -0.05) is 24.6 Å². The first-order valence-electron chi connectivity index (χ1n) is 2.96. The molecule has 0 aromatic heterocycles. The maximum Gasteiger partial charge on any atom is 0.0113 e. The average Bonchev–Trinajstić information content (AvgIpc) is 2.12. The Labute approximate surface area is 75.9 Å². The summed E-state index contributed by atoms with van der Waals surface area (Å²) in [5.41, 5.74) is 0. The van der Waals surface area contributed by atoms with Crippen molar-refractivity contribution in [2.45, 2.75) is 19.3 Å². The first-order valence-corrected chi connectivity index (χ1v) is 3.34. The van der Waals surface area contributed by atoms with Crippen molar-refractivity contribution < 1.29 is 21.1 Å². The molecule has 0 bridgehead atoms. The molecule has 1 aliphatic rings. The molecule has 0 spiro atoms. The average molecular weight is 313 g/mol. The second kappa shape index (κ2) is 4.52. The SMILES string of the molecule is C=C(Cl)[C@@H]1C[CH-]CC1.[W]. The van der Waals surface area contributed by atoms with E-state index in [4.69, 9.17) is 11.6 Å². The van der Waals surface area contributed by atoms with Crippen LogP contribution in [0.3, 0.4) is 0 Å². The monoisotopic (exact) mass is 313 g/mol. The van der Waals surface area contributed by atoms with E-state index in [0.717, 1.165) is 11.5 Å². The topological polar surface area (TPSA) is 0 Å². The molecule has 1 fully saturated rings. The molecule has 1 saturated carbocycles. The van der Waals surface area contributed by atoms with Crippen LogP contribution in [0.1, 0.15) is 19.3 Å². The summed E-state index contributed by atoms with van der Waals surface area (Å²) >= 11 is 5.67. The Morgan fingerprint density at radius 3 is 2.56 bits per heavy atom. The van der Waals surface area contributed by atoms with Gasteiger partial charge in [0.25, 0.3) is 0 Å². The van der Waals surface area contributed by atoms with Gasteiger partial charge >= 0.3 is 0 Å². The fourth-order valence-corrected chi connectivity index (χ4v) is 1.24.